The summed E-state index contributed by atoms with van der Waals surface area (Å²) in [6.45, 7) is 0. The molecule has 0 spiro atoms. The molecule has 3 aromatic carbocycles. The first-order chi connectivity index (χ1) is 8.90. The fourth-order valence-corrected chi connectivity index (χ4v) is 2.25. The molecule has 1 nitrogen and oxygen atoms in total. The molecule has 18 heavy (non-hydrogen) atoms. The summed E-state index contributed by atoms with van der Waals surface area (Å²) in [7, 11) is 0. The second-order valence-electron chi connectivity index (χ2n) is 4.19. The lowest BCUT2D eigenvalue weighted by Crippen LogP contribution is -1.86. The van der Waals surface area contributed by atoms with Crippen LogP contribution in [0.2, 0.25) is 0 Å². The van der Waals surface area contributed by atoms with E-state index >= 15 is 0 Å². The van der Waals surface area contributed by atoms with Crippen molar-refractivity contribution in [3.05, 3.63) is 72.3 Å². The quantitative estimate of drug-likeness (QED) is 0.607. The molecule has 0 amide bonds. The Morgan fingerprint density at radius 3 is 2.22 bits per heavy atom. The van der Waals surface area contributed by atoms with Gasteiger partial charge in [-0.1, -0.05) is 66.7 Å². The van der Waals surface area contributed by atoms with Gasteiger partial charge in [0.1, 0.15) is 6.07 Å². The Bertz CT molecular complexity index is 736. The minimum Gasteiger partial charge on any atom is -0.192 e. The molecule has 0 aromatic heterocycles. The first kappa shape index (κ1) is 10.6. The van der Waals surface area contributed by atoms with Crippen molar-refractivity contribution in [1.82, 2.24) is 0 Å². The number of hydrogen-bond donors (Lipinski definition) is 0. The van der Waals surface area contributed by atoms with Crippen molar-refractivity contribution in [2.75, 3.05) is 0 Å². The van der Waals surface area contributed by atoms with Gasteiger partial charge in [-0.2, -0.15) is 5.26 Å². The van der Waals surface area contributed by atoms with Crippen LogP contribution >= 0.6 is 0 Å². The molecule has 0 N–H and O–H groups in total. The second-order valence-corrected chi connectivity index (χ2v) is 4.19. The van der Waals surface area contributed by atoms with E-state index in [2.05, 4.69) is 12.1 Å². The molecule has 0 heterocycles. The van der Waals surface area contributed by atoms with Crippen LogP contribution in [0.5, 0.6) is 0 Å². The number of fused-ring (bicyclic) bond motifs is 1. The van der Waals surface area contributed by atoms with E-state index in [0.29, 0.717) is 0 Å². The Balaban J connectivity index is 2.35. The average Bonchev–Trinajstić information content (AvgIpc) is 2.47. The highest BCUT2D eigenvalue weighted by Gasteiger charge is 2.08. The van der Waals surface area contributed by atoms with Gasteiger partial charge >= 0.3 is 0 Å². The molecule has 0 atom stereocenters. The van der Waals surface area contributed by atoms with E-state index in [1.54, 1.807) is 0 Å². The number of hydrogen-bond acceptors (Lipinski definition) is 1. The monoisotopic (exact) mass is 229 g/mol. The highest BCUT2D eigenvalue weighted by molar-refractivity contribution is 5.94. The van der Waals surface area contributed by atoms with Crippen molar-refractivity contribution in [3.8, 4) is 17.2 Å². The number of nitrogens with zero attached hydrogens (tertiary/aromatic N) is 1. The van der Waals surface area contributed by atoms with Gasteiger partial charge in [0.15, 0.2) is 0 Å². The van der Waals surface area contributed by atoms with E-state index in [1.165, 1.54) is 0 Å². The second kappa shape index (κ2) is 4.35. The summed E-state index contributed by atoms with van der Waals surface area (Å²) < 4.78 is 0. The Kier molecular flexibility index (Phi) is 2.55. The van der Waals surface area contributed by atoms with Gasteiger partial charge in [0, 0.05) is 10.9 Å². The third kappa shape index (κ3) is 1.65. The van der Waals surface area contributed by atoms with E-state index in [-0.39, 0.29) is 0 Å². The standard InChI is InChI=1S/C17H11N/c18-12-17-15-9-5-4-8-14(15)10-11-16(17)13-6-2-1-3-7-13/h1-11H. The van der Waals surface area contributed by atoms with E-state index in [4.69, 9.17) is 0 Å². The molecule has 84 valence electrons. The van der Waals surface area contributed by atoms with Crippen LogP contribution in [-0.2, 0) is 0 Å². The average molecular weight is 229 g/mol. The van der Waals surface area contributed by atoms with Crippen molar-refractivity contribution in [3.63, 3.8) is 0 Å². The molecule has 3 aromatic rings. The lowest BCUT2D eigenvalue weighted by molar-refractivity contribution is 1.50. The normalized spacial score (nSPS) is 10.2. The summed E-state index contributed by atoms with van der Waals surface area (Å²) in [4.78, 5) is 0. The fraction of sp³-hybridized carbons (Fsp3) is 0. The third-order valence-corrected chi connectivity index (χ3v) is 3.13. The van der Waals surface area contributed by atoms with Crippen molar-refractivity contribution < 1.29 is 0 Å². The van der Waals surface area contributed by atoms with Gasteiger partial charge < -0.3 is 0 Å². The van der Waals surface area contributed by atoms with E-state index in [0.717, 1.165) is 27.5 Å². The molecule has 0 radical (unpaired) electrons. The van der Waals surface area contributed by atoms with Crippen LogP contribution in [0.4, 0.5) is 0 Å². The van der Waals surface area contributed by atoms with Gasteiger partial charge in [-0.3, -0.25) is 0 Å². The zero-order valence-corrected chi connectivity index (χ0v) is 9.80. The van der Waals surface area contributed by atoms with Crippen LogP contribution in [0.15, 0.2) is 66.7 Å². The van der Waals surface area contributed by atoms with Gasteiger partial charge in [-0.15, -0.1) is 0 Å². The predicted molar refractivity (Wildman–Crippen MR) is 74.1 cm³/mol. The molecule has 0 aliphatic carbocycles. The molecule has 0 bridgehead atoms. The number of nitriles is 1. The molecule has 3 rings (SSSR count). The van der Waals surface area contributed by atoms with Gasteiger partial charge in [0.05, 0.1) is 5.56 Å². The molecule has 0 aliphatic heterocycles. The summed E-state index contributed by atoms with van der Waals surface area (Å²) in [5.41, 5.74) is 2.83. The summed E-state index contributed by atoms with van der Waals surface area (Å²) in [6.07, 6.45) is 0. The van der Waals surface area contributed by atoms with Crippen LogP contribution < -0.4 is 0 Å². The maximum Gasteiger partial charge on any atom is 0.100 e. The third-order valence-electron chi connectivity index (χ3n) is 3.13. The van der Waals surface area contributed by atoms with Gasteiger partial charge in [0.25, 0.3) is 0 Å². The number of rotatable bonds is 1. The SMILES string of the molecule is N#Cc1c(-c2ccccc2)ccc2ccccc12. The molecule has 1 heteroatoms. The molecule has 0 saturated heterocycles. The summed E-state index contributed by atoms with van der Waals surface area (Å²) >= 11 is 0. The lowest BCUT2D eigenvalue weighted by atomic mass is 9.95. The highest BCUT2D eigenvalue weighted by Crippen LogP contribution is 2.29. The molecule has 0 fully saturated rings. The molecular weight excluding hydrogens is 218 g/mol. The van der Waals surface area contributed by atoms with Crippen LogP contribution in [-0.4, -0.2) is 0 Å². The highest BCUT2D eigenvalue weighted by atomic mass is 14.3. The summed E-state index contributed by atoms with van der Waals surface area (Å²) in [5, 5.41) is 11.5. The maximum atomic E-state index is 9.43. The summed E-state index contributed by atoms with van der Waals surface area (Å²) in [5.74, 6) is 0. The Morgan fingerprint density at radius 1 is 0.722 bits per heavy atom. The zero-order chi connectivity index (χ0) is 12.4. The Hall–Kier alpha value is -2.59. The Labute approximate surface area is 106 Å². The van der Waals surface area contributed by atoms with Crippen molar-refractivity contribution in [2.45, 2.75) is 0 Å². The minimum atomic E-state index is 0.749. The lowest BCUT2D eigenvalue weighted by Gasteiger charge is -2.07. The van der Waals surface area contributed by atoms with Crippen molar-refractivity contribution in [1.29, 1.82) is 5.26 Å². The van der Waals surface area contributed by atoms with E-state index in [9.17, 15) is 5.26 Å². The maximum absolute atomic E-state index is 9.43. The van der Waals surface area contributed by atoms with Crippen LogP contribution in [0, 0.1) is 11.3 Å². The van der Waals surface area contributed by atoms with Crippen LogP contribution in [0.25, 0.3) is 21.9 Å². The van der Waals surface area contributed by atoms with Crippen molar-refractivity contribution >= 4 is 10.8 Å². The van der Waals surface area contributed by atoms with Gasteiger partial charge in [0.2, 0.25) is 0 Å². The first-order valence-corrected chi connectivity index (χ1v) is 5.87. The number of benzene rings is 3. The minimum absolute atomic E-state index is 0.749. The van der Waals surface area contributed by atoms with Crippen LogP contribution in [0.3, 0.4) is 0 Å². The van der Waals surface area contributed by atoms with E-state index in [1.807, 2.05) is 60.7 Å². The summed E-state index contributed by atoms with van der Waals surface area (Å²) in [6, 6.07) is 24.5. The molecular formula is C17H11N. The van der Waals surface area contributed by atoms with E-state index < -0.39 is 0 Å². The van der Waals surface area contributed by atoms with Gasteiger partial charge in [-0.05, 0) is 10.9 Å². The largest absolute Gasteiger partial charge is 0.192 e. The predicted octanol–water partition coefficient (Wildman–Crippen LogP) is 4.38. The topological polar surface area (TPSA) is 23.8 Å². The molecule has 0 unspecified atom stereocenters. The van der Waals surface area contributed by atoms with Crippen molar-refractivity contribution in [2.24, 2.45) is 0 Å². The molecule has 0 aliphatic rings. The Morgan fingerprint density at radius 2 is 1.44 bits per heavy atom. The fourth-order valence-electron chi connectivity index (χ4n) is 2.25. The van der Waals surface area contributed by atoms with Crippen LogP contribution in [0.1, 0.15) is 5.56 Å². The smallest absolute Gasteiger partial charge is 0.100 e. The first-order valence-electron chi connectivity index (χ1n) is 5.87. The zero-order valence-electron chi connectivity index (χ0n) is 9.80. The molecule has 0 saturated carbocycles. The van der Waals surface area contributed by atoms with Gasteiger partial charge in [-0.25, -0.2) is 0 Å².